The second-order valence-corrected chi connectivity index (χ2v) is 4.15. The highest BCUT2D eigenvalue weighted by Crippen LogP contribution is 2.33. The van der Waals surface area contributed by atoms with Gasteiger partial charge in [0.05, 0.1) is 5.56 Å². The van der Waals surface area contributed by atoms with Gasteiger partial charge >= 0.3 is 6.18 Å². The highest BCUT2D eigenvalue weighted by Gasteiger charge is 2.31. The van der Waals surface area contributed by atoms with Gasteiger partial charge in [-0.05, 0) is 43.5 Å². The fraction of sp³-hybridized carbons (Fsp3) is 0.500. The van der Waals surface area contributed by atoms with Gasteiger partial charge in [-0.15, -0.1) is 12.4 Å². The van der Waals surface area contributed by atoms with E-state index in [0.29, 0.717) is 0 Å². The minimum atomic E-state index is -4.23. The molecule has 0 saturated carbocycles. The largest absolute Gasteiger partial charge is 0.416 e. The molecule has 17 heavy (non-hydrogen) atoms. The van der Waals surface area contributed by atoms with E-state index >= 15 is 0 Å². The lowest BCUT2D eigenvalue weighted by Gasteiger charge is -2.23. The van der Waals surface area contributed by atoms with Gasteiger partial charge in [-0.3, -0.25) is 0 Å². The molecule has 0 unspecified atom stereocenters. The van der Waals surface area contributed by atoms with Crippen LogP contribution in [-0.2, 0) is 6.18 Å². The first kappa shape index (κ1) is 14.3. The summed E-state index contributed by atoms with van der Waals surface area (Å²) in [5.74, 6) is 0.267. The summed E-state index contributed by atoms with van der Waals surface area (Å²) in [6.07, 6.45) is -2.40. The van der Waals surface area contributed by atoms with Crippen LogP contribution in [0.5, 0.6) is 0 Å². The number of alkyl halides is 3. The average Bonchev–Trinajstić information content (AvgIpc) is 2.29. The maximum absolute atomic E-state index is 12.5. The molecule has 1 fully saturated rings. The standard InChI is InChI=1S/C12H14F3N.ClH/c13-12(14,15)11-3-1-2-10(8-11)9-4-6-16-7-5-9;/h1-3,8-9,16H,4-7H2;1H. The summed E-state index contributed by atoms with van der Waals surface area (Å²) in [5.41, 5.74) is 0.278. The van der Waals surface area contributed by atoms with E-state index in [0.717, 1.165) is 37.6 Å². The van der Waals surface area contributed by atoms with Crippen LogP contribution in [0.3, 0.4) is 0 Å². The van der Waals surface area contributed by atoms with Crippen LogP contribution in [0.15, 0.2) is 24.3 Å². The Morgan fingerprint density at radius 2 is 1.76 bits per heavy atom. The van der Waals surface area contributed by atoms with Gasteiger partial charge < -0.3 is 5.32 Å². The number of halogens is 4. The molecule has 0 aliphatic carbocycles. The van der Waals surface area contributed by atoms with Crippen LogP contribution in [0.2, 0.25) is 0 Å². The van der Waals surface area contributed by atoms with Crippen LogP contribution >= 0.6 is 12.4 Å². The van der Waals surface area contributed by atoms with Crippen molar-refractivity contribution in [3.05, 3.63) is 35.4 Å². The summed E-state index contributed by atoms with van der Waals surface area (Å²) < 4.78 is 37.6. The van der Waals surface area contributed by atoms with Crippen LogP contribution in [0.4, 0.5) is 13.2 Å². The third-order valence-corrected chi connectivity index (χ3v) is 3.02. The van der Waals surface area contributed by atoms with Crippen molar-refractivity contribution >= 4 is 12.4 Å². The van der Waals surface area contributed by atoms with Gasteiger partial charge in [0.1, 0.15) is 0 Å². The Morgan fingerprint density at radius 3 is 2.35 bits per heavy atom. The van der Waals surface area contributed by atoms with E-state index in [2.05, 4.69) is 5.32 Å². The fourth-order valence-corrected chi connectivity index (χ4v) is 2.12. The normalized spacial score (nSPS) is 17.6. The van der Waals surface area contributed by atoms with Crippen molar-refractivity contribution < 1.29 is 13.2 Å². The summed E-state index contributed by atoms with van der Waals surface area (Å²) in [6.45, 7) is 1.78. The molecule has 1 aliphatic rings. The second kappa shape index (κ2) is 5.74. The highest BCUT2D eigenvalue weighted by molar-refractivity contribution is 5.85. The van der Waals surface area contributed by atoms with E-state index in [4.69, 9.17) is 0 Å². The van der Waals surface area contributed by atoms with Crippen LogP contribution in [-0.4, -0.2) is 13.1 Å². The monoisotopic (exact) mass is 265 g/mol. The van der Waals surface area contributed by atoms with Gasteiger partial charge in [-0.1, -0.05) is 18.2 Å². The molecule has 1 aromatic rings. The fourth-order valence-electron chi connectivity index (χ4n) is 2.12. The number of nitrogens with one attached hydrogen (secondary N) is 1. The molecule has 5 heteroatoms. The molecule has 0 atom stereocenters. The van der Waals surface area contributed by atoms with E-state index in [1.807, 2.05) is 0 Å². The van der Waals surface area contributed by atoms with Gasteiger partial charge in [-0.25, -0.2) is 0 Å². The highest BCUT2D eigenvalue weighted by atomic mass is 35.5. The molecule has 0 bridgehead atoms. The Morgan fingerprint density at radius 1 is 1.12 bits per heavy atom. The topological polar surface area (TPSA) is 12.0 Å². The van der Waals surface area contributed by atoms with Gasteiger partial charge in [0.25, 0.3) is 0 Å². The smallest absolute Gasteiger partial charge is 0.317 e. The minimum Gasteiger partial charge on any atom is -0.317 e. The number of hydrogen-bond donors (Lipinski definition) is 1. The number of benzene rings is 1. The Labute approximate surface area is 105 Å². The average molecular weight is 266 g/mol. The summed E-state index contributed by atoms with van der Waals surface area (Å²) >= 11 is 0. The van der Waals surface area contributed by atoms with Crippen molar-refractivity contribution in [3.8, 4) is 0 Å². The third-order valence-electron chi connectivity index (χ3n) is 3.02. The quantitative estimate of drug-likeness (QED) is 0.818. The first-order valence-electron chi connectivity index (χ1n) is 5.45. The molecule has 1 heterocycles. The first-order valence-corrected chi connectivity index (χ1v) is 5.45. The van der Waals surface area contributed by atoms with E-state index in [-0.39, 0.29) is 18.3 Å². The maximum Gasteiger partial charge on any atom is 0.416 e. The van der Waals surface area contributed by atoms with Gasteiger partial charge in [0.2, 0.25) is 0 Å². The zero-order valence-corrected chi connectivity index (χ0v) is 10.1. The molecule has 0 aromatic heterocycles. The zero-order valence-electron chi connectivity index (χ0n) is 9.26. The predicted octanol–water partition coefficient (Wildman–Crippen LogP) is 3.59. The molecule has 0 spiro atoms. The van der Waals surface area contributed by atoms with Crippen molar-refractivity contribution in [1.29, 1.82) is 0 Å². The predicted molar refractivity (Wildman–Crippen MR) is 63.5 cm³/mol. The molecular weight excluding hydrogens is 251 g/mol. The van der Waals surface area contributed by atoms with Crippen LogP contribution in [0, 0.1) is 0 Å². The van der Waals surface area contributed by atoms with E-state index in [9.17, 15) is 13.2 Å². The second-order valence-electron chi connectivity index (χ2n) is 4.15. The lowest BCUT2D eigenvalue weighted by Crippen LogP contribution is -2.26. The van der Waals surface area contributed by atoms with Crippen molar-refractivity contribution in [1.82, 2.24) is 5.32 Å². The Hall–Kier alpha value is -0.740. The minimum absolute atomic E-state index is 0. The zero-order chi connectivity index (χ0) is 11.6. The summed E-state index contributed by atoms with van der Waals surface area (Å²) in [5, 5.41) is 3.21. The van der Waals surface area contributed by atoms with Gasteiger partial charge in [-0.2, -0.15) is 13.2 Å². The lowest BCUT2D eigenvalue weighted by atomic mass is 9.89. The van der Waals surface area contributed by atoms with E-state index in [1.165, 1.54) is 12.1 Å². The van der Waals surface area contributed by atoms with Crippen molar-refractivity contribution in [2.45, 2.75) is 24.9 Å². The summed E-state index contributed by atoms with van der Waals surface area (Å²) in [7, 11) is 0. The van der Waals surface area contributed by atoms with Gasteiger partial charge in [0.15, 0.2) is 0 Å². The SMILES string of the molecule is Cl.FC(F)(F)c1cccc(C2CCNCC2)c1. The van der Waals surface area contributed by atoms with Crippen molar-refractivity contribution in [2.75, 3.05) is 13.1 Å². The molecular formula is C12H15ClF3N. The van der Waals surface area contributed by atoms with Gasteiger partial charge in [0, 0.05) is 0 Å². The van der Waals surface area contributed by atoms with Crippen LogP contribution in [0.1, 0.15) is 29.9 Å². The lowest BCUT2D eigenvalue weighted by molar-refractivity contribution is -0.137. The van der Waals surface area contributed by atoms with Crippen molar-refractivity contribution in [2.24, 2.45) is 0 Å². The molecule has 2 rings (SSSR count). The molecule has 0 radical (unpaired) electrons. The first-order chi connectivity index (χ1) is 7.57. The molecule has 0 amide bonds. The Kier molecular flexibility index (Phi) is 4.83. The number of hydrogen-bond acceptors (Lipinski definition) is 1. The number of piperidine rings is 1. The van der Waals surface area contributed by atoms with E-state index < -0.39 is 11.7 Å². The molecule has 1 nitrogen and oxygen atoms in total. The Balaban J connectivity index is 0.00000144. The molecule has 96 valence electrons. The molecule has 1 saturated heterocycles. The van der Waals surface area contributed by atoms with Crippen LogP contribution in [0.25, 0.3) is 0 Å². The Bertz CT molecular complexity index is 359. The van der Waals surface area contributed by atoms with E-state index in [1.54, 1.807) is 6.07 Å². The van der Waals surface area contributed by atoms with Crippen LogP contribution < -0.4 is 5.32 Å². The maximum atomic E-state index is 12.5. The summed E-state index contributed by atoms with van der Waals surface area (Å²) in [6, 6.07) is 5.71. The molecule has 1 aromatic carbocycles. The third kappa shape index (κ3) is 3.61. The van der Waals surface area contributed by atoms with Crippen molar-refractivity contribution in [3.63, 3.8) is 0 Å². The molecule has 1 N–H and O–H groups in total. The summed E-state index contributed by atoms with van der Waals surface area (Å²) in [4.78, 5) is 0. The molecule has 1 aliphatic heterocycles. The number of rotatable bonds is 1.